The van der Waals surface area contributed by atoms with Crippen LogP contribution < -0.4 is 0 Å². The molecule has 3 saturated carbocycles. The summed E-state index contributed by atoms with van der Waals surface area (Å²) >= 11 is 0. The lowest BCUT2D eigenvalue weighted by atomic mass is 9.37. The van der Waals surface area contributed by atoms with Crippen molar-refractivity contribution < 1.29 is 34.0 Å². The first-order valence-electron chi connectivity index (χ1n) is 16.0. The highest BCUT2D eigenvalue weighted by atomic mass is 16.7. The number of ether oxygens (including phenoxy) is 4. The molecule has 4 aliphatic carbocycles. The highest BCUT2D eigenvalue weighted by molar-refractivity contribution is 5.66. The van der Waals surface area contributed by atoms with Gasteiger partial charge >= 0.3 is 5.97 Å². The molecule has 234 valence electrons. The van der Waals surface area contributed by atoms with Crippen LogP contribution >= 0.6 is 0 Å². The highest BCUT2D eigenvalue weighted by Gasteiger charge is 2.69. The molecule has 5 rings (SSSR count). The number of rotatable bonds is 6. The van der Waals surface area contributed by atoms with E-state index in [-0.39, 0.29) is 58.0 Å². The second kappa shape index (κ2) is 10.3. The second-order valence-electron chi connectivity index (χ2n) is 16.0. The van der Waals surface area contributed by atoms with Crippen molar-refractivity contribution in [1.29, 1.82) is 0 Å². The van der Waals surface area contributed by atoms with Crippen molar-refractivity contribution in [3.63, 3.8) is 0 Å². The van der Waals surface area contributed by atoms with Crippen LogP contribution in [0.1, 0.15) is 100 Å². The molecule has 4 fully saturated rings. The van der Waals surface area contributed by atoms with Gasteiger partial charge in [-0.15, -0.1) is 0 Å². The van der Waals surface area contributed by atoms with E-state index in [4.69, 9.17) is 18.9 Å². The number of carbonyl (C=O) groups is 1. The van der Waals surface area contributed by atoms with Gasteiger partial charge in [-0.1, -0.05) is 46.3 Å². The molecule has 0 aromatic rings. The number of aliphatic hydroxyl groups is 2. The molecular formula is C34H56O7. The molecule has 12 atom stereocenters. The van der Waals surface area contributed by atoms with E-state index >= 15 is 0 Å². The topological polar surface area (TPSA) is 94.5 Å². The normalized spacial score (nSPS) is 48.0. The molecule has 7 heteroatoms. The Bertz CT molecular complexity index is 1050. The van der Waals surface area contributed by atoms with Gasteiger partial charge in [-0.3, -0.25) is 4.79 Å². The maximum atomic E-state index is 12.1. The summed E-state index contributed by atoms with van der Waals surface area (Å²) in [5.74, 6) is 0.880. The fourth-order valence-corrected chi connectivity index (χ4v) is 11.1. The van der Waals surface area contributed by atoms with Crippen LogP contribution in [0.25, 0.3) is 0 Å². The predicted molar refractivity (Wildman–Crippen MR) is 157 cm³/mol. The summed E-state index contributed by atoms with van der Waals surface area (Å²) < 4.78 is 23.7. The van der Waals surface area contributed by atoms with Gasteiger partial charge in [-0.05, 0) is 87.4 Å². The largest absolute Gasteiger partial charge is 0.462 e. The Kier molecular flexibility index (Phi) is 7.89. The van der Waals surface area contributed by atoms with Gasteiger partial charge in [-0.25, -0.2) is 0 Å². The fraction of sp³-hybridized carbons (Fsp3) is 0.912. The van der Waals surface area contributed by atoms with E-state index in [0.29, 0.717) is 11.8 Å². The Morgan fingerprint density at radius 2 is 1.76 bits per heavy atom. The molecule has 41 heavy (non-hydrogen) atoms. The number of aliphatic hydroxyl groups excluding tert-OH is 2. The van der Waals surface area contributed by atoms with Crippen LogP contribution in [0.4, 0.5) is 0 Å². The fourth-order valence-electron chi connectivity index (χ4n) is 11.1. The molecular weight excluding hydrogens is 520 g/mol. The minimum absolute atomic E-state index is 0.0564. The zero-order valence-electron chi connectivity index (χ0n) is 27.2. The zero-order valence-corrected chi connectivity index (χ0v) is 27.2. The molecule has 0 radical (unpaired) electrons. The van der Waals surface area contributed by atoms with Crippen molar-refractivity contribution in [2.75, 3.05) is 14.2 Å². The third-order valence-electron chi connectivity index (χ3n) is 13.5. The van der Waals surface area contributed by atoms with Crippen LogP contribution in [0.5, 0.6) is 0 Å². The van der Waals surface area contributed by atoms with E-state index in [1.165, 1.54) is 12.5 Å². The zero-order chi connectivity index (χ0) is 30.3. The minimum Gasteiger partial charge on any atom is -0.462 e. The van der Waals surface area contributed by atoms with Crippen molar-refractivity contribution >= 4 is 5.97 Å². The van der Waals surface area contributed by atoms with Gasteiger partial charge < -0.3 is 29.2 Å². The van der Waals surface area contributed by atoms with Crippen LogP contribution in [0.2, 0.25) is 0 Å². The Hall–Kier alpha value is -0.990. The number of hydrogen-bond donors (Lipinski definition) is 2. The van der Waals surface area contributed by atoms with Crippen LogP contribution in [0.15, 0.2) is 11.6 Å². The molecule has 1 aliphatic heterocycles. The van der Waals surface area contributed by atoms with Crippen molar-refractivity contribution in [1.82, 2.24) is 0 Å². The molecule has 0 unspecified atom stereocenters. The summed E-state index contributed by atoms with van der Waals surface area (Å²) in [6, 6.07) is 0. The van der Waals surface area contributed by atoms with Crippen LogP contribution in [-0.4, -0.2) is 66.7 Å². The summed E-state index contributed by atoms with van der Waals surface area (Å²) in [5.41, 5.74) is 0.188. The van der Waals surface area contributed by atoms with Gasteiger partial charge in [0.25, 0.3) is 0 Å². The lowest BCUT2D eigenvalue weighted by Gasteiger charge is -2.68. The van der Waals surface area contributed by atoms with E-state index in [0.717, 1.165) is 44.9 Å². The van der Waals surface area contributed by atoms with Gasteiger partial charge in [0, 0.05) is 37.9 Å². The van der Waals surface area contributed by atoms with Crippen molar-refractivity contribution in [2.24, 2.45) is 45.3 Å². The molecule has 2 N–H and O–H groups in total. The maximum absolute atomic E-state index is 12.1. The lowest BCUT2D eigenvalue weighted by Crippen LogP contribution is -2.65. The van der Waals surface area contributed by atoms with Gasteiger partial charge in [0.05, 0.1) is 17.8 Å². The summed E-state index contributed by atoms with van der Waals surface area (Å²) in [7, 11) is 3.33. The van der Waals surface area contributed by atoms with Gasteiger partial charge in [0.2, 0.25) is 0 Å². The maximum Gasteiger partial charge on any atom is 0.302 e. The van der Waals surface area contributed by atoms with E-state index in [9.17, 15) is 15.0 Å². The molecule has 7 nitrogen and oxygen atoms in total. The standard InChI is InChI=1S/C34H56O7/c1-19(35)40-27-14-16-33(7)24-13-15-32(6)21(20-17-22(41-29(20)38-9)28(37)31(4,5)39-10)11-12-23(32)34(24,8)26(36)18-25(33)30(27,2)3/h12,20-22,24-29,36-37H,11,13-18H2,1-10H3/t20-,21+,22+,24+,25-,26+,27+,28-,29-,32-,33+,34-/m0/s1. The van der Waals surface area contributed by atoms with Crippen LogP contribution in [0, 0.1) is 45.3 Å². The SMILES string of the molecule is CO[C@H]1O[C@@H]([C@H](O)C(C)(C)OC)C[C@H]1[C@H]1CC=C2[C@]3(C)[C@H](O)C[C@H]4C(C)(C)[C@H](OC(C)=O)CC[C@]4(C)[C@H]3CC[C@]21C. The molecule has 0 aromatic carbocycles. The van der Waals surface area contributed by atoms with Crippen molar-refractivity contribution in [3.8, 4) is 0 Å². The highest BCUT2D eigenvalue weighted by Crippen LogP contribution is 2.73. The van der Waals surface area contributed by atoms with Gasteiger partial charge in [-0.2, -0.15) is 0 Å². The Morgan fingerprint density at radius 1 is 1.07 bits per heavy atom. The van der Waals surface area contributed by atoms with E-state index < -0.39 is 17.8 Å². The van der Waals surface area contributed by atoms with Crippen molar-refractivity contribution in [3.05, 3.63) is 11.6 Å². The summed E-state index contributed by atoms with van der Waals surface area (Å²) in [4.78, 5) is 11.9. The lowest BCUT2D eigenvalue weighted by molar-refractivity contribution is -0.221. The number of carbonyl (C=O) groups excluding carboxylic acids is 1. The average Bonchev–Trinajstić information content (AvgIpc) is 3.48. The third-order valence-corrected chi connectivity index (χ3v) is 13.5. The Morgan fingerprint density at radius 3 is 2.37 bits per heavy atom. The molecule has 5 aliphatic rings. The first kappa shape index (κ1) is 31.4. The molecule has 1 saturated heterocycles. The molecule has 0 spiro atoms. The number of allylic oxidation sites excluding steroid dienone is 1. The summed E-state index contributed by atoms with van der Waals surface area (Å²) in [6.07, 6.45) is 6.79. The first-order valence-corrected chi connectivity index (χ1v) is 16.0. The smallest absolute Gasteiger partial charge is 0.302 e. The minimum atomic E-state index is -0.757. The molecule has 0 bridgehead atoms. The summed E-state index contributed by atoms with van der Waals surface area (Å²) in [6.45, 7) is 17.0. The Balaban J connectivity index is 1.43. The second-order valence-corrected chi connectivity index (χ2v) is 16.0. The van der Waals surface area contributed by atoms with E-state index in [2.05, 4.69) is 40.7 Å². The number of hydrogen-bond acceptors (Lipinski definition) is 7. The molecule has 1 heterocycles. The van der Waals surface area contributed by atoms with E-state index in [1.54, 1.807) is 14.2 Å². The number of esters is 1. The molecule has 0 aromatic heterocycles. The van der Waals surface area contributed by atoms with Crippen LogP contribution in [-0.2, 0) is 23.7 Å². The predicted octanol–water partition coefficient (Wildman–Crippen LogP) is 5.66. The van der Waals surface area contributed by atoms with Gasteiger partial charge in [0.15, 0.2) is 6.29 Å². The van der Waals surface area contributed by atoms with E-state index in [1.807, 2.05) is 13.8 Å². The van der Waals surface area contributed by atoms with Crippen LogP contribution in [0.3, 0.4) is 0 Å². The monoisotopic (exact) mass is 576 g/mol. The quantitative estimate of drug-likeness (QED) is 0.311. The average molecular weight is 577 g/mol. The number of methoxy groups -OCH3 is 2. The first-order chi connectivity index (χ1) is 19.0. The molecule has 0 amide bonds. The summed E-state index contributed by atoms with van der Waals surface area (Å²) in [5, 5.41) is 23.3. The number of fused-ring (bicyclic) bond motifs is 5. The van der Waals surface area contributed by atoms with Crippen molar-refractivity contribution in [2.45, 2.75) is 137 Å². The van der Waals surface area contributed by atoms with Gasteiger partial charge in [0.1, 0.15) is 12.2 Å². The third kappa shape index (κ3) is 4.50. The Labute approximate surface area is 247 Å².